The minimum atomic E-state index is 0.690. The van der Waals surface area contributed by atoms with E-state index in [4.69, 9.17) is 0 Å². The summed E-state index contributed by atoms with van der Waals surface area (Å²) in [6.07, 6.45) is 2.64. The molecule has 19 heavy (non-hydrogen) atoms. The lowest BCUT2D eigenvalue weighted by atomic mass is 10.0. The molecule has 0 aliphatic carbocycles. The molecular formula is C16H25BrN2. The molecule has 1 heterocycles. The zero-order valence-corrected chi connectivity index (χ0v) is 13.8. The Morgan fingerprint density at radius 1 is 1.42 bits per heavy atom. The summed E-state index contributed by atoms with van der Waals surface area (Å²) >= 11 is 3.62. The molecule has 1 aromatic carbocycles. The summed E-state index contributed by atoms with van der Waals surface area (Å²) in [5.41, 5.74) is 2.82. The van der Waals surface area contributed by atoms with Gasteiger partial charge in [0.25, 0.3) is 0 Å². The van der Waals surface area contributed by atoms with Gasteiger partial charge in [0.1, 0.15) is 0 Å². The fraction of sp³-hybridized carbons (Fsp3) is 0.625. The smallest absolute Gasteiger partial charge is 0.0425 e. The molecule has 1 atom stereocenters. The number of nitrogens with one attached hydrogen (secondary N) is 1. The van der Waals surface area contributed by atoms with E-state index in [1.807, 2.05) is 0 Å². The summed E-state index contributed by atoms with van der Waals surface area (Å²) in [7, 11) is 0. The van der Waals surface area contributed by atoms with Gasteiger partial charge >= 0.3 is 0 Å². The van der Waals surface area contributed by atoms with Crippen LogP contribution in [0.15, 0.2) is 22.7 Å². The van der Waals surface area contributed by atoms with Gasteiger partial charge in [0, 0.05) is 29.3 Å². The van der Waals surface area contributed by atoms with Crippen molar-refractivity contribution in [3.63, 3.8) is 0 Å². The van der Waals surface area contributed by atoms with Crippen molar-refractivity contribution in [1.29, 1.82) is 0 Å². The predicted octanol–water partition coefficient (Wildman–Crippen LogP) is 4.18. The Hall–Kier alpha value is -0.540. The lowest BCUT2D eigenvalue weighted by molar-refractivity contribution is 0.491. The van der Waals surface area contributed by atoms with Gasteiger partial charge in [-0.1, -0.05) is 42.8 Å². The van der Waals surface area contributed by atoms with Gasteiger partial charge in [0.2, 0.25) is 0 Å². The van der Waals surface area contributed by atoms with Gasteiger partial charge in [0.15, 0.2) is 0 Å². The van der Waals surface area contributed by atoms with Crippen LogP contribution in [-0.2, 0) is 6.54 Å². The summed E-state index contributed by atoms with van der Waals surface area (Å²) in [5.74, 6) is 0.716. The normalized spacial score (nSPS) is 19.4. The SMILES string of the molecule is CCNCc1ccc(Br)cc1N1CCCC1C(C)C. The summed E-state index contributed by atoms with van der Waals surface area (Å²) in [5, 5.41) is 3.45. The van der Waals surface area contributed by atoms with E-state index in [0.29, 0.717) is 12.0 Å². The van der Waals surface area contributed by atoms with Crippen LogP contribution in [0.25, 0.3) is 0 Å². The Bertz CT molecular complexity index is 417. The average molecular weight is 325 g/mol. The number of nitrogens with zero attached hydrogens (tertiary/aromatic N) is 1. The van der Waals surface area contributed by atoms with Gasteiger partial charge < -0.3 is 10.2 Å². The summed E-state index contributed by atoms with van der Waals surface area (Å²) in [6, 6.07) is 7.37. The highest BCUT2D eigenvalue weighted by atomic mass is 79.9. The predicted molar refractivity (Wildman–Crippen MR) is 86.7 cm³/mol. The number of hydrogen-bond donors (Lipinski definition) is 1. The van der Waals surface area contributed by atoms with Crippen molar-refractivity contribution in [2.45, 2.75) is 46.2 Å². The van der Waals surface area contributed by atoms with Crippen LogP contribution < -0.4 is 10.2 Å². The van der Waals surface area contributed by atoms with Gasteiger partial charge in [0.05, 0.1) is 0 Å². The third-order valence-electron chi connectivity index (χ3n) is 3.99. The molecule has 1 fully saturated rings. The van der Waals surface area contributed by atoms with Crippen molar-refractivity contribution in [3.8, 4) is 0 Å². The fourth-order valence-corrected chi connectivity index (χ4v) is 3.35. The lowest BCUT2D eigenvalue weighted by Gasteiger charge is -2.31. The van der Waals surface area contributed by atoms with Gasteiger partial charge in [-0.3, -0.25) is 0 Å². The van der Waals surface area contributed by atoms with Crippen LogP contribution in [0.4, 0.5) is 5.69 Å². The molecule has 1 saturated heterocycles. The van der Waals surface area contributed by atoms with Gasteiger partial charge in [-0.25, -0.2) is 0 Å². The maximum Gasteiger partial charge on any atom is 0.0425 e. The first kappa shape index (κ1) is 14.9. The van der Waals surface area contributed by atoms with Crippen molar-refractivity contribution < 1.29 is 0 Å². The van der Waals surface area contributed by atoms with E-state index >= 15 is 0 Å². The standard InChI is InChI=1S/C16H25BrN2/c1-4-18-11-13-7-8-14(17)10-16(13)19-9-5-6-15(19)12(2)3/h7-8,10,12,15,18H,4-6,9,11H2,1-3H3. The van der Waals surface area contributed by atoms with Crippen LogP contribution >= 0.6 is 15.9 Å². The molecule has 0 spiro atoms. The van der Waals surface area contributed by atoms with Crippen molar-refractivity contribution in [3.05, 3.63) is 28.2 Å². The molecule has 0 radical (unpaired) electrons. The van der Waals surface area contributed by atoms with Gasteiger partial charge in [-0.2, -0.15) is 0 Å². The minimum absolute atomic E-state index is 0.690. The molecule has 3 heteroatoms. The molecule has 1 unspecified atom stereocenters. The first-order chi connectivity index (χ1) is 9.13. The second-order valence-electron chi connectivity index (χ2n) is 5.70. The molecule has 0 amide bonds. The summed E-state index contributed by atoms with van der Waals surface area (Å²) < 4.78 is 1.18. The largest absolute Gasteiger partial charge is 0.368 e. The van der Waals surface area contributed by atoms with Gasteiger partial charge in [-0.05, 0) is 43.0 Å². The fourth-order valence-electron chi connectivity index (χ4n) is 3.00. The van der Waals surface area contributed by atoms with E-state index in [2.05, 4.69) is 65.1 Å². The molecular weight excluding hydrogens is 300 g/mol. The number of hydrogen-bond acceptors (Lipinski definition) is 2. The number of benzene rings is 1. The second-order valence-corrected chi connectivity index (χ2v) is 6.62. The molecule has 0 bridgehead atoms. The second kappa shape index (κ2) is 6.76. The Labute approximate surface area is 125 Å². The van der Waals surface area contributed by atoms with Crippen molar-refractivity contribution in [2.24, 2.45) is 5.92 Å². The van der Waals surface area contributed by atoms with E-state index in [1.54, 1.807) is 0 Å². The third-order valence-corrected chi connectivity index (χ3v) is 4.48. The summed E-state index contributed by atoms with van der Waals surface area (Å²) in [6.45, 7) is 10.0. The summed E-state index contributed by atoms with van der Waals surface area (Å²) in [4.78, 5) is 2.61. The molecule has 1 N–H and O–H groups in total. The van der Waals surface area contributed by atoms with Crippen LogP contribution in [-0.4, -0.2) is 19.1 Å². The van der Waals surface area contributed by atoms with Crippen LogP contribution in [0.1, 0.15) is 39.2 Å². The molecule has 1 aliphatic heterocycles. The first-order valence-corrected chi connectivity index (χ1v) is 8.18. The molecule has 1 aliphatic rings. The monoisotopic (exact) mass is 324 g/mol. The van der Waals surface area contributed by atoms with Crippen LogP contribution in [0, 0.1) is 5.92 Å². The van der Waals surface area contributed by atoms with E-state index < -0.39 is 0 Å². The molecule has 0 aromatic heterocycles. The van der Waals surface area contributed by atoms with Crippen molar-refractivity contribution >= 4 is 21.6 Å². The minimum Gasteiger partial charge on any atom is -0.368 e. The molecule has 0 saturated carbocycles. The number of halogens is 1. The molecule has 106 valence electrons. The third kappa shape index (κ3) is 3.51. The average Bonchev–Trinajstić information content (AvgIpc) is 2.86. The quantitative estimate of drug-likeness (QED) is 0.873. The van der Waals surface area contributed by atoms with Crippen LogP contribution in [0.5, 0.6) is 0 Å². The maximum atomic E-state index is 3.62. The van der Waals surface area contributed by atoms with E-state index in [0.717, 1.165) is 13.1 Å². The molecule has 2 rings (SSSR count). The van der Waals surface area contributed by atoms with Crippen LogP contribution in [0.3, 0.4) is 0 Å². The highest BCUT2D eigenvalue weighted by Gasteiger charge is 2.28. The number of anilines is 1. The molecule has 1 aromatic rings. The van der Waals surface area contributed by atoms with Crippen molar-refractivity contribution in [2.75, 3.05) is 18.0 Å². The van der Waals surface area contributed by atoms with Crippen molar-refractivity contribution in [1.82, 2.24) is 5.32 Å². The Morgan fingerprint density at radius 3 is 2.89 bits per heavy atom. The maximum absolute atomic E-state index is 3.62. The first-order valence-electron chi connectivity index (χ1n) is 7.39. The van der Waals surface area contributed by atoms with E-state index in [1.165, 1.54) is 35.1 Å². The van der Waals surface area contributed by atoms with Gasteiger partial charge in [-0.15, -0.1) is 0 Å². The Kier molecular flexibility index (Phi) is 5.28. The lowest BCUT2D eigenvalue weighted by Crippen LogP contribution is -2.34. The van der Waals surface area contributed by atoms with E-state index in [9.17, 15) is 0 Å². The highest BCUT2D eigenvalue weighted by molar-refractivity contribution is 9.10. The zero-order valence-electron chi connectivity index (χ0n) is 12.2. The highest BCUT2D eigenvalue weighted by Crippen LogP contribution is 2.33. The van der Waals surface area contributed by atoms with E-state index in [-0.39, 0.29) is 0 Å². The Balaban J connectivity index is 2.28. The molecule has 2 nitrogen and oxygen atoms in total. The Morgan fingerprint density at radius 2 is 2.21 bits per heavy atom. The topological polar surface area (TPSA) is 15.3 Å². The zero-order chi connectivity index (χ0) is 13.8. The number of rotatable bonds is 5. The van der Waals surface area contributed by atoms with Crippen LogP contribution in [0.2, 0.25) is 0 Å².